The molecule has 0 spiro atoms. The molecule has 20 heavy (non-hydrogen) atoms. The zero-order valence-electron chi connectivity index (χ0n) is 11.4. The molecule has 1 aromatic rings. The van der Waals surface area contributed by atoms with Gasteiger partial charge in [-0.1, -0.05) is 24.3 Å². The molecule has 0 saturated carbocycles. The monoisotopic (exact) mass is 274 g/mol. The summed E-state index contributed by atoms with van der Waals surface area (Å²) in [6.45, 7) is 5.85. The highest BCUT2D eigenvalue weighted by Gasteiger charge is 2.33. The predicted octanol–water partition coefficient (Wildman–Crippen LogP) is 2.35. The van der Waals surface area contributed by atoms with E-state index in [1.807, 2.05) is 31.2 Å². The third-order valence-electron chi connectivity index (χ3n) is 3.44. The normalized spacial score (nSPS) is 18.2. The number of aliphatic carboxylic acids is 1. The van der Waals surface area contributed by atoms with E-state index in [9.17, 15) is 9.59 Å². The fraction of sp³-hybridized carbons (Fsp3) is 0.333. The van der Waals surface area contributed by atoms with Crippen molar-refractivity contribution in [3.63, 3.8) is 0 Å². The average molecular weight is 274 g/mol. The van der Waals surface area contributed by atoms with Crippen molar-refractivity contribution in [3.05, 3.63) is 42.5 Å². The molecule has 5 heteroatoms. The highest BCUT2D eigenvalue weighted by Crippen LogP contribution is 2.37. The topological polar surface area (TPSA) is 69.6 Å². The van der Waals surface area contributed by atoms with Crippen LogP contribution in [0.2, 0.25) is 0 Å². The number of carboxylic acid groups (broad SMARTS) is 1. The number of para-hydroxylation sites is 1. The number of urea groups is 1. The molecule has 2 amide bonds. The van der Waals surface area contributed by atoms with E-state index in [4.69, 9.17) is 5.11 Å². The zero-order chi connectivity index (χ0) is 14.7. The Morgan fingerprint density at radius 1 is 1.55 bits per heavy atom. The highest BCUT2D eigenvalue weighted by molar-refractivity contribution is 5.95. The fourth-order valence-electron chi connectivity index (χ4n) is 2.40. The molecule has 1 heterocycles. The van der Waals surface area contributed by atoms with Crippen molar-refractivity contribution in [2.24, 2.45) is 0 Å². The number of nitrogens with zero attached hydrogens (tertiary/aromatic N) is 1. The largest absolute Gasteiger partial charge is 0.481 e. The van der Waals surface area contributed by atoms with Crippen LogP contribution in [0.15, 0.2) is 36.9 Å². The van der Waals surface area contributed by atoms with Crippen LogP contribution in [0.3, 0.4) is 0 Å². The van der Waals surface area contributed by atoms with Gasteiger partial charge in [0.2, 0.25) is 0 Å². The number of carbonyl (C=O) groups is 2. The van der Waals surface area contributed by atoms with Gasteiger partial charge in [-0.2, -0.15) is 0 Å². The lowest BCUT2D eigenvalue weighted by molar-refractivity contribution is -0.137. The van der Waals surface area contributed by atoms with Gasteiger partial charge in [-0.05, 0) is 18.6 Å². The molecule has 2 unspecified atom stereocenters. The Kier molecular flexibility index (Phi) is 4.08. The summed E-state index contributed by atoms with van der Waals surface area (Å²) < 4.78 is 0. The molecule has 0 bridgehead atoms. The Bertz CT molecular complexity index is 542. The summed E-state index contributed by atoms with van der Waals surface area (Å²) in [6.07, 6.45) is 1.67. The second kappa shape index (κ2) is 5.77. The average Bonchev–Trinajstić information content (AvgIpc) is 2.77. The lowest BCUT2D eigenvalue weighted by Gasteiger charge is -2.20. The van der Waals surface area contributed by atoms with Gasteiger partial charge in [0.15, 0.2) is 0 Å². The van der Waals surface area contributed by atoms with Gasteiger partial charge in [-0.15, -0.1) is 6.58 Å². The van der Waals surface area contributed by atoms with Crippen LogP contribution in [0, 0.1) is 0 Å². The van der Waals surface area contributed by atoms with Crippen molar-refractivity contribution in [2.75, 3.05) is 11.4 Å². The molecule has 1 aliphatic rings. The van der Waals surface area contributed by atoms with Crippen LogP contribution in [0.5, 0.6) is 0 Å². The summed E-state index contributed by atoms with van der Waals surface area (Å²) >= 11 is 0. The third kappa shape index (κ3) is 2.82. The second-order valence-electron chi connectivity index (χ2n) is 4.94. The summed E-state index contributed by atoms with van der Waals surface area (Å²) in [7, 11) is 0. The van der Waals surface area contributed by atoms with E-state index in [0.717, 1.165) is 11.3 Å². The molecular weight excluding hydrogens is 256 g/mol. The van der Waals surface area contributed by atoms with E-state index < -0.39 is 5.97 Å². The zero-order valence-corrected chi connectivity index (χ0v) is 11.4. The maximum atomic E-state index is 12.2. The molecule has 1 aromatic carbocycles. The molecule has 5 nitrogen and oxygen atoms in total. The summed E-state index contributed by atoms with van der Waals surface area (Å²) in [5.74, 6) is -1.01. The molecule has 0 aromatic heterocycles. The maximum absolute atomic E-state index is 12.2. The SMILES string of the molecule is C=CC(C)NC(=O)N1CC(CC(=O)O)c2ccccc21. The van der Waals surface area contributed by atoms with E-state index in [0.29, 0.717) is 6.54 Å². The minimum absolute atomic E-state index is 0.0256. The molecule has 0 fully saturated rings. The molecule has 0 radical (unpaired) electrons. The van der Waals surface area contributed by atoms with Crippen molar-refractivity contribution >= 4 is 17.7 Å². The van der Waals surface area contributed by atoms with Gasteiger partial charge >= 0.3 is 12.0 Å². The minimum atomic E-state index is -0.855. The molecule has 2 rings (SSSR count). The fourth-order valence-corrected chi connectivity index (χ4v) is 2.40. The number of hydrogen-bond acceptors (Lipinski definition) is 2. The Morgan fingerprint density at radius 2 is 2.25 bits per heavy atom. The van der Waals surface area contributed by atoms with E-state index in [1.54, 1.807) is 11.0 Å². The van der Waals surface area contributed by atoms with E-state index in [-0.39, 0.29) is 24.4 Å². The molecular formula is C15H18N2O3. The molecule has 1 aliphatic heterocycles. The summed E-state index contributed by atoms with van der Waals surface area (Å²) in [5.41, 5.74) is 1.70. The van der Waals surface area contributed by atoms with Crippen LogP contribution in [-0.2, 0) is 4.79 Å². The number of rotatable bonds is 4. The van der Waals surface area contributed by atoms with Gasteiger partial charge in [0.05, 0.1) is 6.42 Å². The van der Waals surface area contributed by atoms with Crippen LogP contribution in [-0.4, -0.2) is 29.7 Å². The highest BCUT2D eigenvalue weighted by atomic mass is 16.4. The van der Waals surface area contributed by atoms with Crippen molar-refractivity contribution < 1.29 is 14.7 Å². The summed E-state index contributed by atoms with van der Waals surface area (Å²) in [4.78, 5) is 24.8. The summed E-state index contributed by atoms with van der Waals surface area (Å²) in [6, 6.07) is 7.08. The Hall–Kier alpha value is -2.30. The third-order valence-corrected chi connectivity index (χ3v) is 3.44. The molecule has 106 valence electrons. The van der Waals surface area contributed by atoms with Gasteiger partial charge in [0, 0.05) is 24.2 Å². The number of carboxylic acids is 1. The van der Waals surface area contributed by atoms with E-state index >= 15 is 0 Å². The number of carbonyl (C=O) groups excluding carboxylic acids is 1. The van der Waals surface area contributed by atoms with Gasteiger partial charge in [-0.25, -0.2) is 4.79 Å². The van der Waals surface area contributed by atoms with Crippen molar-refractivity contribution in [1.82, 2.24) is 5.32 Å². The Labute approximate surface area is 117 Å². The smallest absolute Gasteiger partial charge is 0.322 e. The first-order valence-electron chi connectivity index (χ1n) is 6.54. The van der Waals surface area contributed by atoms with Crippen LogP contribution >= 0.6 is 0 Å². The number of benzene rings is 1. The number of nitrogens with one attached hydrogen (secondary N) is 1. The van der Waals surface area contributed by atoms with Crippen molar-refractivity contribution in [1.29, 1.82) is 0 Å². The maximum Gasteiger partial charge on any atom is 0.322 e. The lowest BCUT2D eigenvalue weighted by atomic mass is 9.98. The minimum Gasteiger partial charge on any atom is -0.481 e. The Morgan fingerprint density at radius 3 is 2.90 bits per heavy atom. The Balaban J connectivity index is 2.22. The molecule has 0 saturated heterocycles. The second-order valence-corrected chi connectivity index (χ2v) is 4.94. The van der Waals surface area contributed by atoms with Gasteiger partial charge < -0.3 is 10.4 Å². The first-order chi connectivity index (χ1) is 9.52. The first-order valence-corrected chi connectivity index (χ1v) is 6.54. The summed E-state index contributed by atoms with van der Waals surface area (Å²) in [5, 5.41) is 11.8. The molecule has 2 N–H and O–H groups in total. The lowest BCUT2D eigenvalue weighted by Crippen LogP contribution is -2.42. The number of hydrogen-bond donors (Lipinski definition) is 2. The number of fused-ring (bicyclic) bond motifs is 1. The quantitative estimate of drug-likeness (QED) is 0.828. The van der Waals surface area contributed by atoms with Crippen LogP contribution < -0.4 is 10.2 Å². The van der Waals surface area contributed by atoms with Gasteiger partial charge in [0.1, 0.15) is 0 Å². The molecule has 2 atom stereocenters. The standard InChI is InChI=1S/C15H18N2O3/c1-3-10(2)16-15(20)17-9-11(8-14(18)19)12-6-4-5-7-13(12)17/h3-7,10-11H,1,8-9H2,2H3,(H,16,20)(H,18,19). The van der Waals surface area contributed by atoms with E-state index in [1.165, 1.54) is 0 Å². The van der Waals surface area contributed by atoms with Crippen molar-refractivity contribution in [3.8, 4) is 0 Å². The molecule has 0 aliphatic carbocycles. The number of amides is 2. The van der Waals surface area contributed by atoms with Crippen molar-refractivity contribution in [2.45, 2.75) is 25.3 Å². The number of anilines is 1. The van der Waals surface area contributed by atoms with Crippen LogP contribution in [0.25, 0.3) is 0 Å². The van der Waals surface area contributed by atoms with Crippen LogP contribution in [0.1, 0.15) is 24.8 Å². The van der Waals surface area contributed by atoms with Crippen LogP contribution in [0.4, 0.5) is 10.5 Å². The van der Waals surface area contributed by atoms with E-state index in [2.05, 4.69) is 11.9 Å². The van der Waals surface area contributed by atoms with Gasteiger partial charge in [-0.3, -0.25) is 9.69 Å². The first kappa shape index (κ1) is 14.1. The predicted molar refractivity (Wildman–Crippen MR) is 77.0 cm³/mol. The van der Waals surface area contributed by atoms with Gasteiger partial charge in [0.25, 0.3) is 0 Å².